The molecule has 66 valence electrons. The topological polar surface area (TPSA) is 12.0 Å². The minimum Gasteiger partial charge on any atom is -0.313 e. The summed E-state index contributed by atoms with van der Waals surface area (Å²) in [7, 11) is 1.93. The Morgan fingerprint density at radius 1 is 1.42 bits per heavy atom. The zero-order chi connectivity index (χ0) is 9.14. The van der Waals surface area contributed by atoms with Gasteiger partial charge in [0, 0.05) is 15.5 Å². The van der Waals surface area contributed by atoms with Crippen molar-refractivity contribution in [1.82, 2.24) is 5.32 Å². The van der Waals surface area contributed by atoms with Crippen LogP contribution in [0.2, 0.25) is 5.02 Å². The van der Waals surface area contributed by atoms with Crippen LogP contribution in [0.4, 0.5) is 0 Å². The van der Waals surface area contributed by atoms with E-state index in [0.717, 1.165) is 9.50 Å². The molecule has 0 bridgehead atoms. The SMILES string of the molecule is CNC(C)c1cc(Cl)cc(Br)c1. The van der Waals surface area contributed by atoms with E-state index in [9.17, 15) is 0 Å². The van der Waals surface area contributed by atoms with Crippen molar-refractivity contribution in [1.29, 1.82) is 0 Å². The molecule has 1 rings (SSSR count). The first-order valence-corrected chi connectivity index (χ1v) is 4.94. The summed E-state index contributed by atoms with van der Waals surface area (Å²) >= 11 is 9.29. The molecule has 0 radical (unpaired) electrons. The Morgan fingerprint density at radius 3 is 2.58 bits per heavy atom. The minimum atomic E-state index is 0.333. The molecule has 12 heavy (non-hydrogen) atoms. The van der Waals surface area contributed by atoms with Crippen LogP contribution in [0.5, 0.6) is 0 Å². The Kier molecular flexibility index (Phi) is 3.56. The molecule has 1 aromatic carbocycles. The molecule has 1 atom stereocenters. The summed E-state index contributed by atoms with van der Waals surface area (Å²) in [5, 5.41) is 3.92. The second kappa shape index (κ2) is 4.26. The molecule has 1 nitrogen and oxygen atoms in total. The number of hydrogen-bond acceptors (Lipinski definition) is 1. The summed E-state index contributed by atoms with van der Waals surface area (Å²) in [6.07, 6.45) is 0. The summed E-state index contributed by atoms with van der Waals surface area (Å²) in [6.45, 7) is 2.10. The maximum atomic E-state index is 5.89. The first kappa shape index (κ1) is 10.0. The third kappa shape index (κ3) is 2.47. The van der Waals surface area contributed by atoms with E-state index in [1.807, 2.05) is 19.2 Å². The lowest BCUT2D eigenvalue weighted by atomic mass is 10.1. The van der Waals surface area contributed by atoms with Gasteiger partial charge in [0.15, 0.2) is 0 Å². The lowest BCUT2D eigenvalue weighted by Gasteiger charge is -2.10. The quantitative estimate of drug-likeness (QED) is 0.846. The van der Waals surface area contributed by atoms with E-state index in [2.05, 4.69) is 34.2 Å². The Hall–Kier alpha value is -0.0500. The van der Waals surface area contributed by atoms with Gasteiger partial charge in [-0.2, -0.15) is 0 Å². The first-order chi connectivity index (χ1) is 5.63. The van der Waals surface area contributed by atoms with Gasteiger partial charge in [-0.3, -0.25) is 0 Å². The van der Waals surface area contributed by atoms with Gasteiger partial charge in [-0.1, -0.05) is 27.5 Å². The summed E-state index contributed by atoms with van der Waals surface area (Å²) in [4.78, 5) is 0. The van der Waals surface area contributed by atoms with Crippen molar-refractivity contribution in [2.75, 3.05) is 7.05 Å². The Balaban J connectivity index is 3.00. The summed E-state index contributed by atoms with van der Waals surface area (Å²) in [5.74, 6) is 0. The van der Waals surface area contributed by atoms with Gasteiger partial charge in [0.05, 0.1) is 0 Å². The Morgan fingerprint density at radius 2 is 2.08 bits per heavy atom. The van der Waals surface area contributed by atoms with Gasteiger partial charge in [-0.05, 0) is 37.7 Å². The molecule has 0 saturated carbocycles. The van der Waals surface area contributed by atoms with Gasteiger partial charge in [-0.15, -0.1) is 0 Å². The number of halogens is 2. The molecule has 0 saturated heterocycles. The Bertz CT molecular complexity index is 255. The van der Waals surface area contributed by atoms with Gasteiger partial charge >= 0.3 is 0 Å². The zero-order valence-electron chi connectivity index (χ0n) is 7.07. The zero-order valence-corrected chi connectivity index (χ0v) is 9.41. The first-order valence-electron chi connectivity index (χ1n) is 3.76. The van der Waals surface area contributed by atoms with Crippen molar-refractivity contribution >= 4 is 27.5 Å². The van der Waals surface area contributed by atoms with E-state index in [1.165, 1.54) is 5.56 Å². The fourth-order valence-electron chi connectivity index (χ4n) is 0.992. The molecule has 3 heteroatoms. The number of rotatable bonds is 2. The monoisotopic (exact) mass is 247 g/mol. The molecule has 0 aliphatic carbocycles. The van der Waals surface area contributed by atoms with E-state index in [4.69, 9.17) is 11.6 Å². The van der Waals surface area contributed by atoms with Crippen LogP contribution >= 0.6 is 27.5 Å². The number of nitrogens with one attached hydrogen (secondary N) is 1. The highest BCUT2D eigenvalue weighted by Crippen LogP contribution is 2.23. The average molecular weight is 249 g/mol. The standard InChI is InChI=1S/C9H11BrClN/c1-6(12-2)7-3-8(10)5-9(11)4-7/h3-6,12H,1-2H3. The van der Waals surface area contributed by atoms with Crippen LogP contribution in [0.25, 0.3) is 0 Å². The summed E-state index contributed by atoms with van der Waals surface area (Å²) < 4.78 is 1.02. The second-order valence-corrected chi connectivity index (χ2v) is 4.07. The van der Waals surface area contributed by atoms with E-state index in [-0.39, 0.29) is 0 Å². The highest BCUT2D eigenvalue weighted by atomic mass is 79.9. The van der Waals surface area contributed by atoms with Crippen molar-refractivity contribution < 1.29 is 0 Å². The molecule has 1 N–H and O–H groups in total. The minimum absolute atomic E-state index is 0.333. The Labute approximate surface area is 86.2 Å². The van der Waals surface area contributed by atoms with Crippen LogP contribution in [0, 0.1) is 0 Å². The van der Waals surface area contributed by atoms with Crippen molar-refractivity contribution in [3.63, 3.8) is 0 Å². The molecular formula is C9H11BrClN. The van der Waals surface area contributed by atoms with E-state index >= 15 is 0 Å². The normalized spacial score (nSPS) is 13.0. The summed E-state index contributed by atoms with van der Waals surface area (Å²) in [5.41, 5.74) is 1.19. The molecule has 0 aliphatic rings. The maximum absolute atomic E-state index is 5.89. The van der Waals surface area contributed by atoms with Gasteiger partial charge in [0.25, 0.3) is 0 Å². The van der Waals surface area contributed by atoms with Gasteiger partial charge in [-0.25, -0.2) is 0 Å². The van der Waals surface area contributed by atoms with Crippen molar-refractivity contribution in [3.8, 4) is 0 Å². The molecule has 1 unspecified atom stereocenters. The van der Waals surface area contributed by atoms with Crippen molar-refractivity contribution in [2.24, 2.45) is 0 Å². The van der Waals surface area contributed by atoms with E-state index in [0.29, 0.717) is 6.04 Å². The largest absolute Gasteiger partial charge is 0.313 e. The smallest absolute Gasteiger partial charge is 0.0420 e. The third-order valence-corrected chi connectivity index (χ3v) is 2.49. The maximum Gasteiger partial charge on any atom is 0.0420 e. The van der Waals surface area contributed by atoms with Gasteiger partial charge in [0.2, 0.25) is 0 Å². The third-order valence-electron chi connectivity index (χ3n) is 1.82. The molecule has 0 aliphatic heterocycles. The summed E-state index contributed by atoms with van der Waals surface area (Å²) in [6, 6.07) is 6.24. The number of hydrogen-bond donors (Lipinski definition) is 1. The lowest BCUT2D eigenvalue weighted by Crippen LogP contribution is -2.12. The molecule has 1 aromatic rings. The molecular weight excluding hydrogens is 237 g/mol. The highest BCUT2D eigenvalue weighted by molar-refractivity contribution is 9.10. The van der Waals surface area contributed by atoms with Gasteiger partial charge in [0.1, 0.15) is 0 Å². The van der Waals surface area contributed by atoms with Crippen LogP contribution in [-0.2, 0) is 0 Å². The van der Waals surface area contributed by atoms with E-state index < -0.39 is 0 Å². The fourth-order valence-corrected chi connectivity index (χ4v) is 1.88. The molecule has 0 aromatic heterocycles. The van der Waals surface area contributed by atoms with Gasteiger partial charge < -0.3 is 5.32 Å². The molecule has 0 amide bonds. The second-order valence-electron chi connectivity index (χ2n) is 2.71. The molecule has 0 heterocycles. The predicted octanol–water partition coefficient (Wildman–Crippen LogP) is 3.38. The predicted molar refractivity (Wildman–Crippen MR) is 56.6 cm³/mol. The highest BCUT2D eigenvalue weighted by Gasteiger charge is 2.03. The van der Waals surface area contributed by atoms with Crippen LogP contribution in [0.1, 0.15) is 18.5 Å². The molecule has 0 spiro atoms. The average Bonchev–Trinajstić information content (AvgIpc) is 2.01. The van der Waals surface area contributed by atoms with Crippen LogP contribution in [0.3, 0.4) is 0 Å². The molecule has 0 fully saturated rings. The van der Waals surface area contributed by atoms with Crippen molar-refractivity contribution in [2.45, 2.75) is 13.0 Å². The van der Waals surface area contributed by atoms with Crippen molar-refractivity contribution in [3.05, 3.63) is 33.3 Å². The number of benzene rings is 1. The van der Waals surface area contributed by atoms with Crippen LogP contribution < -0.4 is 5.32 Å². The lowest BCUT2D eigenvalue weighted by molar-refractivity contribution is 0.652. The van der Waals surface area contributed by atoms with Crippen LogP contribution in [-0.4, -0.2) is 7.05 Å². The fraction of sp³-hybridized carbons (Fsp3) is 0.333. The van der Waals surface area contributed by atoms with E-state index in [1.54, 1.807) is 0 Å². The van der Waals surface area contributed by atoms with Crippen LogP contribution in [0.15, 0.2) is 22.7 Å².